The third kappa shape index (κ3) is 2.46. The number of para-hydroxylation sites is 1. The number of fused-ring (bicyclic) bond motifs is 3. The zero-order valence-electron chi connectivity index (χ0n) is 16.2. The molecule has 1 atom stereocenters. The van der Waals surface area contributed by atoms with Crippen LogP contribution in [0.2, 0.25) is 0 Å². The van der Waals surface area contributed by atoms with Crippen LogP contribution in [0.4, 0.5) is 5.69 Å². The second-order valence-corrected chi connectivity index (χ2v) is 7.11. The predicted molar refractivity (Wildman–Crippen MR) is 105 cm³/mol. The fourth-order valence-electron chi connectivity index (χ4n) is 4.53. The molecule has 1 aromatic rings. The maximum atomic E-state index is 13.9. The number of rotatable bonds is 4. The van der Waals surface area contributed by atoms with Crippen LogP contribution in [0.25, 0.3) is 0 Å². The molecule has 2 aliphatic heterocycles. The number of nitrogens with zero attached hydrogens (tertiary/aromatic N) is 1. The van der Waals surface area contributed by atoms with Crippen LogP contribution >= 0.6 is 0 Å². The van der Waals surface area contributed by atoms with E-state index in [2.05, 4.69) is 6.58 Å². The lowest BCUT2D eigenvalue weighted by Gasteiger charge is -2.38. The maximum Gasteiger partial charge on any atom is 0.341 e. The molecule has 7 nitrogen and oxygen atoms in total. The molecule has 7 heteroatoms. The Kier molecular flexibility index (Phi) is 4.53. The van der Waals surface area contributed by atoms with Crippen molar-refractivity contribution in [2.75, 3.05) is 18.1 Å². The number of amides is 1. The number of carbonyl (C=O) groups excluding carboxylic acids is 3. The van der Waals surface area contributed by atoms with Gasteiger partial charge < -0.3 is 20.1 Å². The Hall–Kier alpha value is -3.35. The highest BCUT2D eigenvalue weighted by molar-refractivity contribution is 6.23. The molecule has 29 heavy (non-hydrogen) atoms. The largest absolute Gasteiger partial charge is 0.462 e. The molecule has 0 aromatic heterocycles. The Morgan fingerprint density at radius 1 is 1.34 bits per heavy atom. The third-order valence-electron chi connectivity index (χ3n) is 5.55. The van der Waals surface area contributed by atoms with Crippen LogP contribution in [0.1, 0.15) is 31.7 Å². The Balaban J connectivity index is 2.09. The zero-order valence-corrected chi connectivity index (χ0v) is 16.2. The quantitative estimate of drug-likeness (QED) is 0.621. The molecule has 150 valence electrons. The first-order valence-corrected chi connectivity index (χ1v) is 9.62. The summed E-state index contributed by atoms with van der Waals surface area (Å²) in [5.74, 6) is -1.24. The molecule has 0 radical (unpaired) electrons. The lowest BCUT2D eigenvalue weighted by atomic mass is 9.64. The van der Waals surface area contributed by atoms with Crippen LogP contribution in [0.3, 0.4) is 0 Å². The molecule has 0 saturated heterocycles. The highest BCUT2D eigenvalue weighted by Gasteiger charge is 2.63. The van der Waals surface area contributed by atoms with Crippen molar-refractivity contribution in [3.63, 3.8) is 0 Å². The Morgan fingerprint density at radius 3 is 2.83 bits per heavy atom. The minimum atomic E-state index is -1.67. The summed E-state index contributed by atoms with van der Waals surface area (Å²) in [6.07, 6.45) is 2.94. The number of hydrogen-bond acceptors (Lipinski definition) is 6. The van der Waals surface area contributed by atoms with Gasteiger partial charge in [0.05, 0.1) is 12.2 Å². The van der Waals surface area contributed by atoms with Gasteiger partial charge in [-0.1, -0.05) is 24.3 Å². The van der Waals surface area contributed by atoms with Crippen molar-refractivity contribution in [2.24, 2.45) is 5.73 Å². The van der Waals surface area contributed by atoms with Gasteiger partial charge in [-0.15, -0.1) is 6.58 Å². The Bertz CT molecular complexity index is 1010. The maximum absolute atomic E-state index is 13.9. The molecule has 0 fully saturated rings. The molecule has 1 aliphatic carbocycles. The number of nitrogens with two attached hydrogens (primary N) is 1. The van der Waals surface area contributed by atoms with Gasteiger partial charge in [0, 0.05) is 30.6 Å². The zero-order chi connectivity index (χ0) is 20.8. The summed E-state index contributed by atoms with van der Waals surface area (Å²) in [5, 5.41) is 0. The van der Waals surface area contributed by atoms with Crippen molar-refractivity contribution < 1.29 is 23.9 Å². The van der Waals surface area contributed by atoms with Crippen molar-refractivity contribution in [1.82, 2.24) is 0 Å². The molecule has 1 amide bonds. The predicted octanol–water partition coefficient (Wildman–Crippen LogP) is 2.23. The van der Waals surface area contributed by atoms with E-state index >= 15 is 0 Å². The first-order chi connectivity index (χ1) is 14.0. The van der Waals surface area contributed by atoms with Crippen molar-refractivity contribution in [1.29, 1.82) is 0 Å². The molecule has 0 saturated carbocycles. The number of allylic oxidation sites excluding steroid dienone is 1. The van der Waals surface area contributed by atoms with Gasteiger partial charge >= 0.3 is 5.97 Å². The highest BCUT2D eigenvalue weighted by Crippen LogP contribution is 2.56. The summed E-state index contributed by atoms with van der Waals surface area (Å²) in [5.41, 5.74) is 5.72. The van der Waals surface area contributed by atoms with Crippen molar-refractivity contribution >= 4 is 23.3 Å². The minimum Gasteiger partial charge on any atom is -0.462 e. The second kappa shape index (κ2) is 6.92. The Morgan fingerprint density at radius 2 is 2.10 bits per heavy atom. The SMILES string of the molecule is C=CCN1C(=O)[C@@]2(C(C(=O)OCC)=C(N)OC3=C2C(=O)CCC3)c2ccccc21. The summed E-state index contributed by atoms with van der Waals surface area (Å²) in [6.45, 7) is 5.72. The molecule has 1 aromatic carbocycles. The lowest BCUT2D eigenvalue weighted by Crippen LogP contribution is -2.51. The molecule has 4 rings (SSSR count). The summed E-state index contributed by atoms with van der Waals surface area (Å²) < 4.78 is 10.9. The van der Waals surface area contributed by atoms with Crippen LogP contribution in [-0.4, -0.2) is 30.8 Å². The molecular weight excluding hydrogens is 372 g/mol. The minimum absolute atomic E-state index is 0.0950. The summed E-state index contributed by atoms with van der Waals surface area (Å²) >= 11 is 0. The monoisotopic (exact) mass is 394 g/mol. The number of benzene rings is 1. The standard InChI is InChI=1S/C22H22N2O5/c1-3-12-24-14-9-6-5-8-13(14)22(21(24)27)17-15(25)10-7-11-16(17)29-19(23)18(22)20(26)28-4-2/h3,5-6,8-9H,1,4,7,10-12,23H2,2H3/t22-/m0/s1. The number of esters is 1. The molecular formula is C22H22N2O5. The topological polar surface area (TPSA) is 98.9 Å². The van der Waals surface area contributed by atoms with E-state index in [-0.39, 0.29) is 42.4 Å². The first kappa shape index (κ1) is 19.0. The third-order valence-corrected chi connectivity index (χ3v) is 5.55. The molecule has 3 aliphatic rings. The molecule has 2 N–H and O–H groups in total. The van der Waals surface area contributed by atoms with Gasteiger partial charge in [-0.05, 0) is 19.4 Å². The lowest BCUT2D eigenvalue weighted by molar-refractivity contribution is -0.141. The smallest absolute Gasteiger partial charge is 0.341 e. The number of hydrogen-bond donors (Lipinski definition) is 1. The fraction of sp³-hybridized carbons (Fsp3) is 0.318. The number of ketones is 1. The van der Waals surface area contributed by atoms with Gasteiger partial charge in [-0.3, -0.25) is 9.59 Å². The number of anilines is 1. The van der Waals surface area contributed by atoms with Crippen LogP contribution in [0.5, 0.6) is 0 Å². The molecule has 0 bridgehead atoms. The normalized spacial score (nSPS) is 23.1. The van der Waals surface area contributed by atoms with Gasteiger partial charge in [-0.25, -0.2) is 4.79 Å². The van der Waals surface area contributed by atoms with Crippen LogP contribution < -0.4 is 10.6 Å². The average molecular weight is 394 g/mol. The molecule has 2 heterocycles. The van der Waals surface area contributed by atoms with Crippen LogP contribution in [-0.2, 0) is 29.3 Å². The molecule has 0 unspecified atom stereocenters. The second-order valence-electron chi connectivity index (χ2n) is 7.11. The van der Waals surface area contributed by atoms with Crippen molar-refractivity contribution in [3.05, 3.63) is 65.3 Å². The van der Waals surface area contributed by atoms with E-state index in [9.17, 15) is 14.4 Å². The Labute approximate surface area is 168 Å². The van der Waals surface area contributed by atoms with E-state index in [4.69, 9.17) is 15.2 Å². The van der Waals surface area contributed by atoms with Gasteiger partial charge in [0.2, 0.25) is 11.8 Å². The highest BCUT2D eigenvalue weighted by atomic mass is 16.5. The summed E-state index contributed by atoms with van der Waals surface area (Å²) in [6, 6.07) is 7.11. The van der Waals surface area contributed by atoms with E-state index in [1.807, 2.05) is 0 Å². The van der Waals surface area contributed by atoms with E-state index in [0.29, 0.717) is 29.9 Å². The fourth-order valence-corrected chi connectivity index (χ4v) is 4.53. The van der Waals surface area contributed by atoms with Gasteiger partial charge in [0.1, 0.15) is 16.7 Å². The van der Waals surface area contributed by atoms with E-state index < -0.39 is 17.3 Å². The van der Waals surface area contributed by atoms with E-state index in [1.165, 1.54) is 4.90 Å². The van der Waals surface area contributed by atoms with Gasteiger partial charge in [-0.2, -0.15) is 0 Å². The first-order valence-electron chi connectivity index (χ1n) is 9.62. The van der Waals surface area contributed by atoms with Gasteiger partial charge in [0.25, 0.3) is 0 Å². The van der Waals surface area contributed by atoms with E-state index in [1.54, 1.807) is 37.3 Å². The van der Waals surface area contributed by atoms with E-state index in [0.717, 1.165) is 0 Å². The average Bonchev–Trinajstić information content (AvgIpc) is 2.92. The van der Waals surface area contributed by atoms with Crippen LogP contribution in [0, 0.1) is 0 Å². The van der Waals surface area contributed by atoms with Crippen LogP contribution in [0.15, 0.2) is 59.7 Å². The van der Waals surface area contributed by atoms with Gasteiger partial charge in [0.15, 0.2) is 5.78 Å². The summed E-state index contributed by atoms with van der Waals surface area (Å²) in [7, 11) is 0. The van der Waals surface area contributed by atoms with Crippen molar-refractivity contribution in [3.8, 4) is 0 Å². The summed E-state index contributed by atoms with van der Waals surface area (Å²) in [4.78, 5) is 41.6. The number of ether oxygens (including phenoxy) is 2. The number of carbonyl (C=O) groups is 3. The number of Topliss-reactive ketones (excluding diaryl/α,β-unsaturated/α-hetero) is 1. The molecule has 1 spiro atoms. The van der Waals surface area contributed by atoms with Crippen molar-refractivity contribution in [2.45, 2.75) is 31.6 Å².